The Balaban J connectivity index is 1.74. The summed E-state index contributed by atoms with van der Waals surface area (Å²) in [6, 6.07) is 9.28. The van der Waals surface area contributed by atoms with E-state index < -0.39 is 24.3 Å². The number of hydrogen-bond donors (Lipinski definition) is 1. The third kappa shape index (κ3) is 4.43. The summed E-state index contributed by atoms with van der Waals surface area (Å²) in [5, 5.41) is 3.42. The summed E-state index contributed by atoms with van der Waals surface area (Å²) < 4.78 is 43.8. The van der Waals surface area contributed by atoms with Gasteiger partial charge in [0.2, 0.25) is 0 Å². The molecule has 0 unspecified atom stereocenters. The Kier molecular flexibility index (Phi) is 5.43. The molecule has 0 saturated heterocycles. The number of fused-ring (bicyclic) bond motifs is 1. The van der Waals surface area contributed by atoms with Gasteiger partial charge in [-0.05, 0) is 42.5 Å². The molecule has 0 aliphatic rings. The summed E-state index contributed by atoms with van der Waals surface area (Å²) in [5.41, 5.74) is -0.606. The largest absolute Gasteiger partial charge is 0.481 e. The molecule has 0 radical (unpaired) electrons. The smallest absolute Gasteiger partial charge is 0.416 e. The molecule has 1 heterocycles. The predicted molar refractivity (Wildman–Crippen MR) is 97.3 cm³/mol. The Labute approximate surface area is 161 Å². The number of amides is 1. The number of alkyl halides is 3. The number of pyridine rings is 1. The van der Waals surface area contributed by atoms with Gasteiger partial charge >= 0.3 is 6.18 Å². The van der Waals surface area contributed by atoms with E-state index in [9.17, 15) is 18.0 Å². The zero-order chi connectivity index (χ0) is 19.6. The standard InChI is InChI=1S/C18H11Cl2F3N2O2/c19-12-5-6-15(17-11(12)2-1-7-24-17)27-9-16(26)25-14-8-10(18(21,22)23)3-4-13(14)20/h1-8H,9H2,(H,25,26). The summed E-state index contributed by atoms with van der Waals surface area (Å²) in [5.74, 6) is -0.351. The second-order valence-corrected chi connectivity index (χ2v) is 6.29. The van der Waals surface area contributed by atoms with E-state index in [4.69, 9.17) is 27.9 Å². The van der Waals surface area contributed by atoms with E-state index in [1.807, 2.05) is 0 Å². The van der Waals surface area contributed by atoms with Crippen molar-refractivity contribution in [3.05, 3.63) is 64.3 Å². The lowest BCUT2D eigenvalue weighted by Gasteiger charge is -2.13. The van der Waals surface area contributed by atoms with E-state index in [1.54, 1.807) is 30.5 Å². The molecule has 0 fully saturated rings. The van der Waals surface area contributed by atoms with Crippen molar-refractivity contribution in [2.75, 3.05) is 11.9 Å². The average molecular weight is 415 g/mol. The Morgan fingerprint density at radius 1 is 1.11 bits per heavy atom. The molecule has 0 atom stereocenters. The number of benzene rings is 2. The summed E-state index contributed by atoms with van der Waals surface area (Å²) in [6.07, 6.45) is -3.00. The highest BCUT2D eigenvalue weighted by Crippen LogP contribution is 2.34. The highest BCUT2D eigenvalue weighted by Gasteiger charge is 2.31. The van der Waals surface area contributed by atoms with E-state index in [-0.39, 0.29) is 10.7 Å². The fourth-order valence-electron chi connectivity index (χ4n) is 2.36. The molecule has 2 aromatic carbocycles. The Morgan fingerprint density at radius 2 is 1.85 bits per heavy atom. The van der Waals surface area contributed by atoms with Crippen LogP contribution in [0.5, 0.6) is 5.75 Å². The molecule has 3 rings (SSSR count). The molecule has 3 aromatic rings. The van der Waals surface area contributed by atoms with Crippen LogP contribution in [0.15, 0.2) is 48.7 Å². The second-order valence-electron chi connectivity index (χ2n) is 5.47. The van der Waals surface area contributed by atoms with Gasteiger partial charge in [-0.25, -0.2) is 0 Å². The number of carbonyl (C=O) groups excluding carboxylic acids is 1. The van der Waals surface area contributed by atoms with Gasteiger partial charge < -0.3 is 10.1 Å². The first-order valence-corrected chi connectivity index (χ1v) is 8.34. The van der Waals surface area contributed by atoms with Gasteiger partial charge in [-0.1, -0.05) is 23.2 Å². The van der Waals surface area contributed by atoms with Gasteiger partial charge in [-0.2, -0.15) is 13.2 Å². The van der Waals surface area contributed by atoms with E-state index in [2.05, 4.69) is 10.3 Å². The molecular weight excluding hydrogens is 404 g/mol. The van der Waals surface area contributed by atoms with Gasteiger partial charge in [0.1, 0.15) is 11.3 Å². The molecular formula is C18H11Cl2F3N2O2. The maximum Gasteiger partial charge on any atom is 0.416 e. The fraction of sp³-hybridized carbons (Fsp3) is 0.111. The summed E-state index contributed by atoms with van der Waals surface area (Å²) in [4.78, 5) is 16.2. The highest BCUT2D eigenvalue weighted by atomic mass is 35.5. The van der Waals surface area contributed by atoms with Gasteiger partial charge in [0.15, 0.2) is 6.61 Å². The van der Waals surface area contributed by atoms with Crippen molar-refractivity contribution in [1.82, 2.24) is 4.98 Å². The average Bonchev–Trinajstić information content (AvgIpc) is 2.62. The number of nitrogens with one attached hydrogen (secondary N) is 1. The zero-order valence-corrected chi connectivity index (χ0v) is 15.0. The molecule has 0 aliphatic carbocycles. The Hall–Kier alpha value is -2.51. The number of nitrogens with zero attached hydrogens (tertiary/aromatic N) is 1. The molecule has 9 heteroatoms. The van der Waals surface area contributed by atoms with Gasteiger partial charge in [-0.15, -0.1) is 0 Å². The molecule has 0 bridgehead atoms. The van der Waals surface area contributed by atoms with Crippen LogP contribution >= 0.6 is 23.2 Å². The minimum Gasteiger partial charge on any atom is -0.481 e. The fourth-order valence-corrected chi connectivity index (χ4v) is 2.74. The molecule has 1 aromatic heterocycles. The Morgan fingerprint density at radius 3 is 2.59 bits per heavy atom. The lowest BCUT2D eigenvalue weighted by atomic mass is 10.2. The first-order valence-electron chi connectivity index (χ1n) is 7.58. The molecule has 27 heavy (non-hydrogen) atoms. The number of aromatic nitrogens is 1. The van der Waals surface area contributed by atoms with E-state index in [0.29, 0.717) is 21.7 Å². The third-order valence-electron chi connectivity index (χ3n) is 3.61. The van der Waals surface area contributed by atoms with E-state index in [0.717, 1.165) is 18.2 Å². The predicted octanol–water partition coefficient (Wildman–Crippen LogP) is 5.58. The molecule has 140 valence electrons. The monoisotopic (exact) mass is 414 g/mol. The number of rotatable bonds is 4. The van der Waals surface area contributed by atoms with Gasteiger partial charge in [0, 0.05) is 11.6 Å². The van der Waals surface area contributed by atoms with Crippen LogP contribution in [0.2, 0.25) is 10.0 Å². The van der Waals surface area contributed by atoms with Crippen molar-refractivity contribution in [2.24, 2.45) is 0 Å². The van der Waals surface area contributed by atoms with Crippen molar-refractivity contribution < 1.29 is 22.7 Å². The SMILES string of the molecule is O=C(COc1ccc(Cl)c2cccnc12)Nc1cc(C(F)(F)F)ccc1Cl. The molecule has 0 aliphatic heterocycles. The zero-order valence-electron chi connectivity index (χ0n) is 13.5. The second kappa shape index (κ2) is 7.62. The lowest BCUT2D eigenvalue weighted by Crippen LogP contribution is -2.21. The normalized spacial score (nSPS) is 11.4. The van der Waals surface area contributed by atoms with Crippen LogP contribution < -0.4 is 10.1 Å². The van der Waals surface area contributed by atoms with E-state index >= 15 is 0 Å². The van der Waals surface area contributed by atoms with Crippen LogP contribution in [0.3, 0.4) is 0 Å². The highest BCUT2D eigenvalue weighted by molar-refractivity contribution is 6.35. The number of anilines is 1. The van der Waals surface area contributed by atoms with E-state index in [1.165, 1.54) is 0 Å². The molecule has 1 amide bonds. The topological polar surface area (TPSA) is 51.2 Å². The number of carbonyl (C=O) groups is 1. The molecule has 0 saturated carbocycles. The van der Waals surface area contributed by atoms with Gasteiger partial charge in [0.05, 0.1) is 21.3 Å². The van der Waals surface area contributed by atoms with Gasteiger partial charge in [-0.3, -0.25) is 9.78 Å². The maximum absolute atomic E-state index is 12.8. The number of hydrogen-bond acceptors (Lipinski definition) is 3. The van der Waals surface area contributed by atoms with Crippen LogP contribution in [0.1, 0.15) is 5.56 Å². The van der Waals surface area contributed by atoms with Crippen LogP contribution in [0.25, 0.3) is 10.9 Å². The molecule has 1 N–H and O–H groups in total. The van der Waals surface area contributed by atoms with Gasteiger partial charge in [0.25, 0.3) is 5.91 Å². The summed E-state index contributed by atoms with van der Waals surface area (Å²) in [7, 11) is 0. The van der Waals surface area contributed by atoms with Crippen molar-refractivity contribution in [1.29, 1.82) is 0 Å². The minimum atomic E-state index is -4.55. The van der Waals surface area contributed by atoms with Crippen LogP contribution in [0, 0.1) is 0 Å². The maximum atomic E-state index is 12.8. The number of ether oxygens (including phenoxy) is 1. The van der Waals surface area contributed by atoms with Crippen molar-refractivity contribution in [2.45, 2.75) is 6.18 Å². The summed E-state index contributed by atoms with van der Waals surface area (Å²) in [6.45, 7) is -0.445. The van der Waals surface area contributed by atoms with Crippen LogP contribution in [-0.2, 0) is 11.0 Å². The summed E-state index contributed by atoms with van der Waals surface area (Å²) >= 11 is 11.9. The van der Waals surface area contributed by atoms with Crippen molar-refractivity contribution in [3.63, 3.8) is 0 Å². The Bertz CT molecular complexity index is 1010. The molecule has 4 nitrogen and oxygen atoms in total. The molecule has 0 spiro atoms. The first kappa shape index (κ1) is 19.3. The quantitative estimate of drug-likeness (QED) is 0.606. The minimum absolute atomic E-state index is 0.0186. The first-order chi connectivity index (χ1) is 12.8. The third-order valence-corrected chi connectivity index (χ3v) is 4.27. The van der Waals surface area contributed by atoms with Crippen molar-refractivity contribution in [3.8, 4) is 5.75 Å². The van der Waals surface area contributed by atoms with Crippen molar-refractivity contribution >= 4 is 45.7 Å². The van der Waals surface area contributed by atoms with Crippen LogP contribution in [-0.4, -0.2) is 17.5 Å². The lowest BCUT2D eigenvalue weighted by molar-refractivity contribution is -0.137. The number of halogens is 5. The van der Waals surface area contributed by atoms with Crippen LogP contribution in [0.4, 0.5) is 18.9 Å².